The van der Waals surface area contributed by atoms with E-state index >= 15 is 0 Å². The maximum absolute atomic E-state index is 4.68. The van der Waals surface area contributed by atoms with Gasteiger partial charge in [-0.05, 0) is 42.3 Å². The molecule has 0 amide bonds. The number of pyridine rings is 2. The molecule has 4 heteroatoms. The number of benzene rings is 1. The van der Waals surface area contributed by atoms with Crippen LogP contribution in [0.3, 0.4) is 0 Å². The average Bonchev–Trinajstić information content (AvgIpc) is 3.06. The van der Waals surface area contributed by atoms with Gasteiger partial charge in [-0.2, -0.15) is 0 Å². The molecule has 1 aromatic carbocycles. The molecule has 0 aliphatic carbocycles. The number of fused-ring (bicyclic) bond motifs is 3. The molecule has 1 N–H and O–H groups in total. The van der Waals surface area contributed by atoms with Crippen molar-refractivity contribution in [1.29, 1.82) is 0 Å². The van der Waals surface area contributed by atoms with Crippen LogP contribution in [0.5, 0.6) is 0 Å². The van der Waals surface area contributed by atoms with Crippen LogP contribution in [0, 0.1) is 0 Å². The minimum atomic E-state index is 0.875. The van der Waals surface area contributed by atoms with E-state index in [-0.39, 0.29) is 0 Å². The van der Waals surface area contributed by atoms with Crippen molar-refractivity contribution in [2.75, 3.05) is 11.4 Å². The molecule has 1 aliphatic heterocycles. The molecule has 0 saturated heterocycles. The minimum Gasteiger partial charge on any atom is -0.357 e. The maximum Gasteiger partial charge on any atom is 0.128 e. The average molecular weight is 326 g/mol. The van der Waals surface area contributed by atoms with Crippen LogP contribution < -0.4 is 4.90 Å². The van der Waals surface area contributed by atoms with Crippen LogP contribution in [-0.2, 0) is 13.0 Å². The highest BCUT2D eigenvalue weighted by atomic mass is 15.2. The molecular formula is C21H18N4. The normalized spacial score (nSPS) is 13.8. The van der Waals surface area contributed by atoms with Crippen molar-refractivity contribution >= 4 is 16.7 Å². The Kier molecular flexibility index (Phi) is 3.27. The van der Waals surface area contributed by atoms with Gasteiger partial charge in [-0.1, -0.05) is 24.3 Å². The summed E-state index contributed by atoms with van der Waals surface area (Å²) in [5.41, 5.74) is 6.00. The second-order valence-electron chi connectivity index (χ2n) is 6.42. The number of aromatic amines is 1. The third-order valence-corrected chi connectivity index (χ3v) is 4.92. The number of anilines is 1. The summed E-state index contributed by atoms with van der Waals surface area (Å²) < 4.78 is 0. The van der Waals surface area contributed by atoms with Gasteiger partial charge in [0.1, 0.15) is 5.82 Å². The van der Waals surface area contributed by atoms with Crippen LogP contribution in [0.15, 0.2) is 67.0 Å². The lowest BCUT2D eigenvalue weighted by atomic mass is 10.0. The van der Waals surface area contributed by atoms with Gasteiger partial charge in [0.15, 0.2) is 0 Å². The fourth-order valence-corrected chi connectivity index (χ4v) is 3.65. The number of aromatic nitrogens is 3. The van der Waals surface area contributed by atoms with Crippen LogP contribution in [0.4, 0.5) is 5.82 Å². The summed E-state index contributed by atoms with van der Waals surface area (Å²) in [5, 5.41) is 1.36. The number of para-hydroxylation sites is 1. The number of hydrogen-bond acceptors (Lipinski definition) is 3. The van der Waals surface area contributed by atoms with E-state index in [2.05, 4.69) is 56.3 Å². The van der Waals surface area contributed by atoms with Crippen molar-refractivity contribution in [1.82, 2.24) is 15.0 Å². The zero-order valence-electron chi connectivity index (χ0n) is 13.8. The van der Waals surface area contributed by atoms with Gasteiger partial charge in [-0.3, -0.25) is 4.98 Å². The lowest BCUT2D eigenvalue weighted by Crippen LogP contribution is -2.30. The van der Waals surface area contributed by atoms with Gasteiger partial charge >= 0.3 is 0 Å². The number of nitrogens with zero attached hydrogens (tertiary/aromatic N) is 3. The van der Waals surface area contributed by atoms with E-state index in [1.807, 2.05) is 30.6 Å². The lowest BCUT2D eigenvalue weighted by Gasteiger charge is -2.28. The van der Waals surface area contributed by atoms with Gasteiger partial charge in [0, 0.05) is 41.1 Å². The zero-order valence-corrected chi connectivity index (χ0v) is 13.8. The van der Waals surface area contributed by atoms with Crippen LogP contribution in [0.25, 0.3) is 22.2 Å². The highest BCUT2D eigenvalue weighted by molar-refractivity contribution is 5.85. The van der Waals surface area contributed by atoms with E-state index in [1.54, 1.807) is 0 Å². The van der Waals surface area contributed by atoms with Gasteiger partial charge in [-0.15, -0.1) is 0 Å². The molecule has 0 atom stereocenters. The van der Waals surface area contributed by atoms with Crippen molar-refractivity contribution < 1.29 is 0 Å². The van der Waals surface area contributed by atoms with E-state index in [4.69, 9.17) is 0 Å². The Morgan fingerprint density at radius 1 is 0.920 bits per heavy atom. The number of H-pyrrole nitrogens is 1. The topological polar surface area (TPSA) is 44.8 Å². The summed E-state index contributed by atoms with van der Waals surface area (Å²) in [6.07, 6.45) is 4.77. The lowest BCUT2D eigenvalue weighted by molar-refractivity contribution is 0.714. The molecule has 5 rings (SSSR count). The Bertz CT molecular complexity index is 1020. The quantitative estimate of drug-likeness (QED) is 0.601. The Hall–Kier alpha value is -3.14. The Balaban J connectivity index is 1.43. The van der Waals surface area contributed by atoms with E-state index < -0.39 is 0 Å². The molecule has 0 fully saturated rings. The molecule has 4 aromatic rings. The second kappa shape index (κ2) is 5.74. The number of nitrogens with one attached hydrogen (secondary N) is 1. The standard InChI is InChI=1S/C21H18N4/c1-2-7-19-16(5-1)17-10-12-25(14-20(17)24-19)21-9-8-15(13-23-21)18-6-3-4-11-22-18/h1-9,11,13,24H,10,12,14H2. The van der Waals surface area contributed by atoms with Gasteiger partial charge in [0.05, 0.1) is 12.2 Å². The largest absolute Gasteiger partial charge is 0.357 e. The van der Waals surface area contributed by atoms with Crippen LogP contribution >= 0.6 is 0 Å². The van der Waals surface area contributed by atoms with Crippen LogP contribution in [0.1, 0.15) is 11.3 Å². The minimum absolute atomic E-state index is 0.875. The van der Waals surface area contributed by atoms with E-state index in [0.717, 1.165) is 36.6 Å². The van der Waals surface area contributed by atoms with E-state index in [1.165, 1.54) is 22.2 Å². The molecule has 0 bridgehead atoms. The first-order valence-corrected chi connectivity index (χ1v) is 8.59. The molecule has 1 aliphatic rings. The Labute approximate surface area is 146 Å². The van der Waals surface area contributed by atoms with Crippen LogP contribution in [-0.4, -0.2) is 21.5 Å². The first-order valence-electron chi connectivity index (χ1n) is 8.59. The van der Waals surface area contributed by atoms with Gasteiger partial charge in [0.25, 0.3) is 0 Å². The van der Waals surface area contributed by atoms with E-state index in [0.29, 0.717) is 0 Å². The van der Waals surface area contributed by atoms with Crippen molar-refractivity contribution in [3.05, 3.63) is 78.2 Å². The first-order chi connectivity index (χ1) is 12.4. The zero-order chi connectivity index (χ0) is 16.6. The summed E-state index contributed by atoms with van der Waals surface area (Å²) in [5.74, 6) is 1.02. The molecule has 0 radical (unpaired) electrons. The second-order valence-corrected chi connectivity index (χ2v) is 6.42. The SMILES string of the molecule is c1ccc(-c2ccc(N3CCc4c([nH]c5ccccc45)C3)nc2)nc1. The molecule has 4 heterocycles. The number of rotatable bonds is 2. The molecule has 3 aromatic heterocycles. The van der Waals surface area contributed by atoms with Gasteiger partial charge in [-0.25, -0.2) is 4.98 Å². The molecule has 0 saturated carbocycles. The summed E-state index contributed by atoms with van der Waals surface area (Å²) in [4.78, 5) is 15.0. The predicted molar refractivity (Wildman–Crippen MR) is 101 cm³/mol. The molecule has 25 heavy (non-hydrogen) atoms. The first kappa shape index (κ1) is 14.2. The summed E-state index contributed by atoms with van der Waals surface area (Å²) in [6.45, 7) is 1.87. The summed E-state index contributed by atoms with van der Waals surface area (Å²) >= 11 is 0. The van der Waals surface area contributed by atoms with Crippen molar-refractivity contribution in [2.24, 2.45) is 0 Å². The van der Waals surface area contributed by atoms with Gasteiger partial charge < -0.3 is 9.88 Å². The summed E-state index contributed by atoms with van der Waals surface area (Å²) in [6, 6.07) is 18.7. The van der Waals surface area contributed by atoms with Crippen molar-refractivity contribution in [2.45, 2.75) is 13.0 Å². The molecule has 4 nitrogen and oxygen atoms in total. The maximum atomic E-state index is 4.68. The highest BCUT2D eigenvalue weighted by Gasteiger charge is 2.21. The van der Waals surface area contributed by atoms with Crippen LogP contribution in [0.2, 0.25) is 0 Å². The molecule has 0 spiro atoms. The third-order valence-electron chi connectivity index (χ3n) is 4.92. The molecular weight excluding hydrogens is 308 g/mol. The fourth-order valence-electron chi connectivity index (χ4n) is 3.65. The number of hydrogen-bond donors (Lipinski definition) is 1. The third kappa shape index (κ3) is 2.47. The molecule has 122 valence electrons. The highest BCUT2D eigenvalue weighted by Crippen LogP contribution is 2.29. The smallest absolute Gasteiger partial charge is 0.128 e. The monoisotopic (exact) mass is 326 g/mol. The van der Waals surface area contributed by atoms with E-state index in [9.17, 15) is 0 Å². The van der Waals surface area contributed by atoms with Gasteiger partial charge in [0.2, 0.25) is 0 Å². The Morgan fingerprint density at radius 2 is 1.84 bits per heavy atom. The summed E-state index contributed by atoms with van der Waals surface area (Å²) in [7, 11) is 0. The molecule has 0 unspecified atom stereocenters. The van der Waals surface area contributed by atoms with Crippen molar-refractivity contribution in [3.8, 4) is 11.3 Å². The fraction of sp³-hybridized carbons (Fsp3) is 0.143. The Morgan fingerprint density at radius 3 is 2.68 bits per heavy atom. The van der Waals surface area contributed by atoms with Crippen molar-refractivity contribution in [3.63, 3.8) is 0 Å². The predicted octanol–water partition coefficient (Wildman–Crippen LogP) is 4.19.